The average molecular weight is 264 g/mol. The molecule has 0 amide bonds. The van der Waals surface area contributed by atoms with Gasteiger partial charge in [0.05, 0.1) is 5.56 Å². The number of aromatic nitrogens is 3. The first-order valence-corrected chi connectivity index (χ1v) is 5.97. The Bertz CT molecular complexity index is 609. The van der Waals surface area contributed by atoms with E-state index in [0.29, 0.717) is 15.7 Å². The molecule has 0 saturated heterocycles. The number of rotatable bonds is 3. The van der Waals surface area contributed by atoms with Crippen molar-refractivity contribution in [1.82, 2.24) is 14.8 Å². The SMILES string of the molecule is Cc1nnc(Sc2ccc(N)cc2C(=O)O)n1C. The summed E-state index contributed by atoms with van der Waals surface area (Å²) >= 11 is 1.25. The summed E-state index contributed by atoms with van der Waals surface area (Å²) in [5, 5.41) is 17.7. The molecule has 6 nitrogen and oxygen atoms in total. The third-order valence-electron chi connectivity index (χ3n) is 2.49. The quantitative estimate of drug-likeness (QED) is 0.817. The summed E-state index contributed by atoms with van der Waals surface area (Å²) in [6.45, 7) is 1.83. The van der Waals surface area contributed by atoms with Gasteiger partial charge in [-0.3, -0.25) is 0 Å². The van der Waals surface area contributed by atoms with Crippen LogP contribution in [0, 0.1) is 6.92 Å². The Kier molecular flexibility index (Phi) is 3.24. The van der Waals surface area contributed by atoms with E-state index in [0.717, 1.165) is 5.82 Å². The number of nitrogens with two attached hydrogens (primary N) is 1. The van der Waals surface area contributed by atoms with E-state index in [1.54, 1.807) is 16.7 Å². The van der Waals surface area contributed by atoms with Gasteiger partial charge in [0, 0.05) is 17.6 Å². The van der Waals surface area contributed by atoms with Gasteiger partial charge in [-0.2, -0.15) is 0 Å². The van der Waals surface area contributed by atoms with E-state index >= 15 is 0 Å². The van der Waals surface area contributed by atoms with Crippen LogP contribution in [0.2, 0.25) is 0 Å². The molecule has 18 heavy (non-hydrogen) atoms. The Hall–Kier alpha value is -2.02. The molecule has 2 aromatic rings. The Labute approximate surface area is 108 Å². The second kappa shape index (κ2) is 4.69. The van der Waals surface area contributed by atoms with Crippen LogP contribution in [-0.4, -0.2) is 25.8 Å². The molecule has 1 aromatic heterocycles. The molecule has 0 aliphatic heterocycles. The molecule has 0 aliphatic rings. The molecular formula is C11H12N4O2S. The van der Waals surface area contributed by atoms with Crippen molar-refractivity contribution in [3.05, 3.63) is 29.6 Å². The smallest absolute Gasteiger partial charge is 0.336 e. The number of carbonyl (C=O) groups is 1. The molecule has 0 atom stereocenters. The third-order valence-corrected chi connectivity index (χ3v) is 3.60. The number of anilines is 1. The molecular weight excluding hydrogens is 252 g/mol. The van der Waals surface area contributed by atoms with Gasteiger partial charge in [0.2, 0.25) is 0 Å². The lowest BCUT2D eigenvalue weighted by Gasteiger charge is -2.06. The number of benzene rings is 1. The maximum Gasteiger partial charge on any atom is 0.336 e. The second-order valence-corrected chi connectivity index (χ2v) is 4.76. The van der Waals surface area contributed by atoms with Gasteiger partial charge in [-0.15, -0.1) is 10.2 Å². The molecule has 0 aliphatic carbocycles. The summed E-state index contributed by atoms with van der Waals surface area (Å²) in [6.07, 6.45) is 0. The molecule has 3 N–H and O–H groups in total. The minimum Gasteiger partial charge on any atom is -0.478 e. The number of carboxylic acid groups (broad SMARTS) is 1. The summed E-state index contributed by atoms with van der Waals surface area (Å²) in [6, 6.07) is 4.78. The number of hydrogen-bond acceptors (Lipinski definition) is 5. The highest BCUT2D eigenvalue weighted by atomic mass is 32.2. The van der Waals surface area contributed by atoms with Crippen LogP contribution in [0.25, 0.3) is 0 Å². The first kappa shape index (κ1) is 12.4. The third kappa shape index (κ3) is 2.30. The van der Waals surface area contributed by atoms with Crippen molar-refractivity contribution in [2.45, 2.75) is 17.0 Å². The number of nitrogen functional groups attached to an aromatic ring is 1. The van der Waals surface area contributed by atoms with Crippen LogP contribution in [0.4, 0.5) is 5.69 Å². The van der Waals surface area contributed by atoms with Crippen LogP contribution in [0.3, 0.4) is 0 Å². The van der Waals surface area contributed by atoms with Gasteiger partial charge in [-0.25, -0.2) is 4.79 Å². The monoisotopic (exact) mass is 264 g/mol. The molecule has 0 unspecified atom stereocenters. The van der Waals surface area contributed by atoms with Gasteiger partial charge in [-0.05, 0) is 36.9 Å². The number of aromatic carboxylic acids is 1. The lowest BCUT2D eigenvalue weighted by atomic mass is 10.2. The van der Waals surface area contributed by atoms with Gasteiger partial charge in [0.1, 0.15) is 5.82 Å². The van der Waals surface area contributed by atoms with Gasteiger partial charge >= 0.3 is 5.97 Å². The van der Waals surface area contributed by atoms with Crippen molar-refractivity contribution < 1.29 is 9.90 Å². The molecule has 0 saturated carbocycles. The summed E-state index contributed by atoms with van der Waals surface area (Å²) in [7, 11) is 1.83. The van der Waals surface area contributed by atoms with Crippen molar-refractivity contribution in [3.63, 3.8) is 0 Å². The number of carboxylic acids is 1. The van der Waals surface area contributed by atoms with Gasteiger partial charge in [-0.1, -0.05) is 0 Å². The first-order valence-electron chi connectivity index (χ1n) is 5.15. The molecule has 0 radical (unpaired) electrons. The van der Waals surface area contributed by atoms with Crippen molar-refractivity contribution in [2.75, 3.05) is 5.73 Å². The minimum absolute atomic E-state index is 0.167. The predicted octanol–water partition coefficient (Wildman–Crippen LogP) is 1.56. The van der Waals surface area contributed by atoms with Crippen LogP contribution in [0.5, 0.6) is 0 Å². The normalized spacial score (nSPS) is 10.6. The summed E-state index contributed by atoms with van der Waals surface area (Å²) in [5.74, 6) is -0.242. The molecule has 0 spiro atoms. The fraction of sp³-hybridized carbons (Fsp3) is 0.182. The summed E-state index contributed by atoms with van der Waals surface area (Å²) < 4.78 is 1.80. The number of aryl methyl sites for hydroxylation is 1. The zero-order valence-electron chi connectivity index (χ0n) is 9.91. The average Bonchev–Trinajstić information content (AvgIpc) is 2.63. The minimum atomic E-state index is -1.01. The Balaban J connectivity index is 2.40. The lowest BCUT2D eigenvalue weighted by molar-refractivity contribution is 0.0693. The maximum atomic E-state index is 11.1. The summed E-state index contributed by atoms with van der Waals surface area (Å²) in [5.41, 5.74) is 6.18. The van der Waals surface area contributed by atoms with E-state index in [2.05, 4.69) is 10.2 Å². The highest BCUT2D eigenvalue weighted by molar-refractivity contribution is 7.99. The van der Waals surface area contributed by atoms with Crippen LogP contribution >= 0.6 is 11.8 Å². The lowest BCUT2D eigenvalue weighted by Crippen LogP contribution is -2.01. The zero-order valence-corrected chi connectivity index (χ0v) is 10.7. The van der Waals surface area contributed by atoms with Crippen molar-refractivity contribution in [3.8, 4) is 0 Å². The Morgan fingerprint density at radius 3 is 2.72 bits per heavy atom. The fourth-order valence-corrected chi connectivity index (χ4v) is 2.32. The van der Waals surface area contributed by atoms with E-state index in [-0.39, 0.29) is 5.56 Å². The Morgan fingerprint density at radius 1 is 1.44 bits per heavy atom. The molecule has 0 fully saturated rings. The highest BCUT2D eigenvalue weighted by Gasteiger charge is 2.14. The van der Waals surface area contributed by atoms with Crippen molar-refractivity contribution in [1.29, 1.82) is 0 Å². The fourth-order valence-electron chi connectivity index (χ4n) is 1.38. The molecule has 2 rings (SSSR count). The zero-order chi connectivity index (χ0) is 13.3. The molecule has 0 bridgehead atoms. The van der Waals surface area contributed by atoms with Crippen LogP contribution in [0.1, 0.15) is 16.2 Å². The van der Waals surface area contributed by atoms with Gasteiger partial charge in [0.25, 0.3) is 0 Å². The van der Waals surface area contributed by atoms with Gasteiger partial charge in [0.15, 0.2) is 5.16 Å². The molecule has 94 valence electrons. The molecule has 1 heterocycles. The first-order chi connectivity index (χ1) is 8.49. The van der Waals surface area contributed by atoms with E-state index < -0.39 is 5.97 Å². The molecule has 7 heteroatoms. The summed E-state index contributed by atoms with van der Waals surface area (Å²) in [4.78, 5) is 11.7. The Morgan fingerprint density at radius 2 is 2.17 bits per heavy atom. The number of nitrogens with zero attached hydrogens (tertiary/aromatic N) is 3. The van der Waals surface area contributed by atoms with E-state index in [4.69, 9.17) is 10.8 Å². The van der Waals surface area contributed by atoms with E-state index in [1.807, 2.05) is 14.0 Å². The van der Waals surface area contributed by atoms with Crippen LogP contribution in [-0.2, 0) is 7.05 Å². The topological polar surface area (TPSA) is 94.0 Å². The van der Waals surface area contributed by atoms with Crippen molar-refractivity contribution in [2.24, 2.45) is 7.05 Å². The van der Waals surface area contributed by atoms with Crippen LogP contribution in [0.15, 0.2) is 28.3 Å². The second-order valence-electron chi connectivity index (χ2n) is 3.75. The largest absolute Gasteiger partial charge is 0.478 e. The van der Waals surface area contributed by atoms with Crippen molar-refractivity contribution >= 4 is 23.4 Å². The van der Waals surface area contributed by atoms with E-state index in [9.17, 15) is 4.79 Å². The van der Waals surface area contributed by atoms with Gasteiger partial charge < -0.3 is 15.4 Å². The molecule has 1 aromatic carbocycles. The van der Waals surface area contributed by atoms with E-state index in [1.165, 1.54) is 17.8 Å². The maximum absolute atomic E-state index is 11.1. The highest BCUT2D eigenvalue weighted by Crippen LogP contribution is 2.30. The van der Waals surface area contributed by atoms with Crippen LogP contribution < -0.4 is 5.73 Å². The number of hydrogen-bond donors (Lipinski definition) is 2. The predicted molar refractivity (Wildman–Crippen MR) is 67.7 cm³/mol. The standard InChI is InChI=1S/C11H12N4O2S/c1-6-13-14-11(15(6)2)18-9-4-3-7(12)5-8(9)10(16)17/h3-5H,12H2,1-2H3,(H,16,17).